The number of nitrogens with one attached hydrogen (secondary N) is 2. The van der Waals surface area contributed by atoms with Gasteiger partial charge in [0.2, 0.25) is 5.91 Å². The molecule has 2 aromatic carbocycles. The van der Waals surface area contributed by atoms with E-state index >= 15 is 0 Å². The van der Waals surface area contributed by atoms with Crippen molar-refractivity contribution in [1.29, 1.82) is 0 Å². The van der Waals surface area contributed by atoms with Crippen LogP contribution in [0.2, 0.25) is 5.02 Å². The molecule has 4 rings (SSSR count). The van der Waals surface area contributed by atoms with Gasteiger partial charge in [0, 0.05) is 23.8 Å². The standard InChI is InChI=1S/C22H22ClFN4O4S2/c23-17-12-16(6-7-18(17)24)26-21(29)20-13-19(22-25-8-11-33-22)27-34(30,31)28(20)9-10-32-14-15-4-2-1-3-5-15/h1-8,11-12,19-20,27H,9-10,13-14H2,(H,26,29). The molecule has 0 radical (unpaired) electrons. The largest absolute Gasteiger partial charge is 0.375 e. The number of carbonyl (C=O) groups is 1. The zero-order valence-electron chi connectivity index (χ0n) is 17.9. The minimum Gasteiger partial charge on any atom is -0.375 e. The second-order valence-electron chi connectivity index (χ2n) is 7.56. The monoisotopic (exact) mass is 524 g/mol. The van der Waals surface area contributed by atoms with E-state index < -0.39 is 34.0 Å². The Morgan fingerprint density at radius 3 is 2.79 bits per heavy atom. The van der Waals surface area contributed by atoms with Crippen molar-refractivity contribution < 1.29 is 22.3 Å². The van der Waals surface area contributed by atoms with Crippen molar-refractivity contribution in [3.05, 3.63) is 81.5 Å². The summed E-state index contributed by atoms with van der Waals surface area (Å²) < 4.78 is 49.1. The van der Waals surface area contributed by atoms with E-state index in [-0.39, 0.29) is 30.3 Å². The van der Waals surface area contributed by atoms with E-state index in [9.17, 15) is 17.6 Å². The van der Waals surface area contributed by atoms with E-state index in [1.165, 1.54) is 23.5 Å². The number of benzene rings is 2. The van der Waals surface area contributed by atoms with Crippen LogP contribution in [0.15, 0.2) is 60.1 Å². The average Bonchev–Trinajstić information content (AvgIpc) is 3.35. The van der Waals surface area contributed by atoms with E-state index in [1.54, 1.807) is 11.6 Å². The SMILES string of the molecule is O=C(Nc1ccc(F)c(Cl)c1)C1CC(c2nccs2)NS(=O)(=O)N1CCOCc1ccccc1. The third kappa shape index (κ3) is 5.98. The Labute approximate surface area is 205 Å². The van der Waals surface area contributed by atoms with Gasteiger partial charge in [-0.2, -0.15) is 17.4 Å². The number of halogens is 2. The Hall–Kier alpha value is -2.41. The Bertz CT molecular complexity index is 1230. The zero-order valence-corrected chi connectivity index (χ0v) is 20.2. The van der Waals surface area contributed by atoms with E-state index in [0.29, 0.717) is 11.6 Å². The molecule has 8 nitrogen and oxygen atoms in total. The molecule has 1 amide bonds. The normalized spacial score (nSPS) is 20.2. The van der Waals surface area contributed by atoms with Crippen LogP contribution in [0.5, 0.6) is 0 Å². The highest BCUT2D eigenvalue weighted by atomic mass is 35.5. The lowest BCUT2D eigenvalue weighted by molar-refractivity contribution is -0.120. The quantitative estimate of drug-likeness (QED) is 0.437. The maximum Gasteiger partial charge on any atom is 0.280 e. The summed E-state index contributed by atoms with van der Waals surface area (Å²) in [6, 6.07) is 11.6. The van der Waals surface area contributed by atoms with Crippen molar-refractivity contribution in [2.75, 3.05) is 18.5 Å². The van der Waals surface area contributed by atoms with Gasteiger partial charge in [0.1, 0.15) is 16.9 Å². The van der Waals surface area contributed by atoms with E-state index in [1.807, 2.05) is 30.3 Å². The summed E-state index contributed by atoms with van der Waals surface area (Å²) in [5.41, 5.74) is 1.21. The predicted molar refractivity (Wildman–Crippen MR) is 128 cm³/mol. The Kier molecular flexibility index (Phi) is 7.91. The fourth-order valence-corrected chi connectivity index (χ4v) is 6.09. The van der Waals surface area contributed by atoms with E-state index in [2.05, 4.69) is 15.0 Å². The predicted octanol–water partition coefficient (Wildman–Crippen LogP) is 3.74. The molecule has 1 aromatic heterocycles. The van der Waals surface area contributed by atoms with Gasteiger partial charge < -0.3 is 10.1 Å². The number of rotatable bonds is 8. The molecule has 1 fully saturated rings. The molecule has 0 spiro atoms. The lowest BCUT2D eigenvalue weighted by Gasteiger charge is -2.37. The van der Waals surface area contributed by atoms with Crippen LogP contribution >= 0.6 is 22.9 Å². The van der Waals surface area contributed by atoms with Gasteiger partial charge in [-0.05, 0) is 30.2 Å². The van der Waals surface area contributed by atoms with Crippen molar-refractivity contribution in [2.45, 2.75) is 25.1 Å². The first kappa shape index (κ1) is 24.7. The van der Waals surface area contributed by atoms with Crippen LogP contribution in [0.4, 0.5) is 10.1 Å². The van der Waals surface area contributed by atoms with E-state index in [4.69, 9.17) is 16.3 Å². The highest BCUT2D eigenvalue weighted by Crippen LogP contribution is 2.30. The van der Waals surface area contributed by atoms with Crippen LogP contribution in [0.25, 0.3) is 0 Å². The van der Waals surface area contributed by atoms with Crippen LogP contribution in [0.3, 0.4) is 0 Å². The molecule has 2 heterocycles. The number of amides is 1. The maximum absolute atomic E-state index is 13.5. The summed E-state index contributed by atoms with van der Waals surface area (Å²) in [5.74, 6) is -1.18. The molecule has 0 saturated carbocycles. The molecule has 3 aromatic rings. The van der Waals surface area contributed by atoms with Gasteiger partial charge in [-0.25, -0.2) is 9.37 Å². The minimum atomic E-state index is -4.02. The van der Waals surface area contributed by atoms with Gasteiger partial charge >= 0.3 is 0 Å². The van der Waals surface area contributed by atoms with Crippen molar-refractivity contribution >= 4 is 44.7 Å². The molecule has 1 aliphatic rings. The van der Waals surface area contributed by atoms with Gasteiger partial charge in [-0.3, -0.25) is 4.79 Å². The number of nitrogens with zero attached hydrogens (tertiary/aromatic N) is 2. The topological polar surface area (TPSA) is 101 Å². The molecule has 2 atom stereocenters. The van der Waals surface area contributed by atoms with Crippen molar-refractivity contribution in [2.24, 2.45) is 0 Å². The summed E-state index contributed by atoms with van der Waals surface area (Å²) in [6.45, 7) is 0.369. The molecule has 34 heavy (non-hydrogen) atoms. The lowest BCUT2D eigenvalue weighted by atomic mass is 10.1. The summed E-state index contributed by atoms with van der Waals surface area (Å²) in [6.07, 6.45) is 1.74. The summed E-state index contributed by atoms with van der Waals surface area (Å²) in [4.78, 5) is 17.4. The fraction of sp³-hybridized carbons (Fsp3) is 0.273. The molecule has 2 unspecified atom stereocenters. The smallest absolute Gasteiger partial charge is 0.280 e. The molecular weight excluding hydrogens is 503 g/mol. The van der Waals surface area contributed by atoms with E-state index in [0.717, 1.165) is 15.9 Å². The number of aromatic nitrogens is 1. The number of hydrogen-bond donors (Lipinski definition) is 2. The number of hydrogen-bond acceptors (Lipinski definition) is 6. The number of thiazole rings is 1. The second-order valence-corrected chi connectivity index (χ2v) is 10.6. The Morgan fingerprint density at radius 2 is 2.09 bits per heavy atom. The van der Waals surface area contributed by atoms with Gasteiger partial charge in [0.15, 0.2) is 0 Å². The highest BCUT2D eigenvalue weighted by Gasteiger charge is 2.43. The third-order valence-corrected chi connectivity index (χ3v) is 8.03. The van der Waals surface area contributed by atoms with Gasteiger partial charge in [-0.1, -0.05) is 41.9 Å². The molecule has 0 bridgehead atoms. The first-order valence-corrected chi connectivity index (χ1v) is 13.1. The third-order valence-electron chi connectivity index (χ3n) is 5.21. The van der Waals surface area contributed by atoms with Crippen LogP contribution in [-0.4, -0.2) is 42.8 Å². The molecule has 1 aliphatic heterocycles. The van der Waals surface area contributed by atoms with Crippen LogP contribution < -0.4 is 10.0 Å². The summed E-state index contributed by atoms with van der Waals surface area (Å²) in [7, 11) is -4.02. The fourth-order valence-electron chi connectivity index (χ4n) is 3.59. The molecule has 12 heteroatoms. The lowest BCUT2D eigenvalue weighted by Crippen LogP contribution is -2.58. The molecule has 1 saturated heterocycles. The number of ether oxygens (including phenoxy) is 1. The number of anilines is 1. The van der Waals surface area contributed by atoms with Crippen molar-refractivity contribution in [1.82, 2.24) is 14.0 Å². The van der Waals surface area contributed by atoms with Gasteiger partial charge in [0.25, 0.3) is 10.2 Å². The summed E-state index contributed by atoms with van der Waals surface area (Å²) >= 11 is 7.12. The van der Waals surface area contributed by atoms with Gasteiger partial charge in [-0.15, -0.1) is 11.3 Å². The Morgan fingerprint density at radius 1 is 1.29 bits per heavy atom. The maximum atomic E-state index is 13.5. The molecule has 2 N–H and O–H groups in total. The highest BCUT2D eigenvalue weighted by molar-refractivity contribution is 7.87. The summed E-state index contributed by atoms with van der Waals surface area (Å²) in [5, 5.41) is 4.80. The van der Waals surface area contributed by atoms with Crippen LogP contribution in [0.1, 0.15) is 23.0 Å². The Balaban J connectivity index is 1.50. The van der Waals surface area contributed by atoms with Crippen molar-refractivity contribution in [3.8, 4) is 0 Å². The molecular formula is C22H22ClFN4O4S2. The first-order valence-electron chi connectivity index (χ1n) is 10.4. The second kappa shape index (κ2) is 10.9. The van der Waals surface area contributed by atoms with Crippen molar-refractivity contribution in [3.63, 3.8) is 0 Å². The van der Waals surface area contributed by atoms with Crippen LogP contribution in [-0.2, 0) is 26.3 Å². The van der Waals surface area contributed by atoms with Crippen LogP contribution in [0, 0.1) is 5.82 Å². The molecule has 180 valence electrons. The zero-order chi connectivity index (χ0) is 24.1. The molecule has 0 aliphatic carbocycles. The van der Waals surface area contributed by atoms with Gasteiger partial charge in [0.05, 0.1) is 24.3 Å². The minimum absolute atomic E-state index is 0.0327. The number of carbonyl (C=O) groups excluding carboxylic acids is 1. The first-order chi connectivity index (χ1) is 16.3. The average molecular weight is 525 g/mol.